The van der Waals surface area contributed by atoms with Gasteiger partial charge in [0.05, 0.1) is 0 Å². The molecule has 0 aromatic rings. The minimum Gasteiger partial charge on any atom is -0.462 e. The molecule has 0 saturated heterocycles. The molecule has 0 aliphatic rings. The number of carbonyl (C=O) groups excluding carboxylic acids is 3. The van der Waals surface area contributed by atoms with Gasteiger partial charge in [-0.3, -0.25) is 14.4 Å². The lowest BCUT2D eigenvalue weighted by molar-refractivity contribution is -0.166. The summed E-state index contributed by atoms with van der Waals surface area (Å²) in [6.07, 6.45) is 84.7. The first kappa shape index (κ1) is 71.3. The lowest BCUT2D eigenvalue weighted by Crippen LogP contribution is -2.30. The molecule has 0 heterocycles. The predicted molar refractivity (Wildman–Crippen MR) is 325 cm³/mol. The van der Waals surface area contributed by atoms with Crippen molar-refractivity contribution < 1.29 is 28.6 Å². The SMILES string of the molecule is CC/C=C\C/C=C\C/C=C\C/C=C\C/C=C\C/C=C\CCC(=O)OC(COC(=O)CCCCCCCCC)COC(=O)CCCCCCCCCCCCCCCCCCCCC/C=C\C/C=C\CCCCCCC. The molecule has 75 heavy (non-hydrogen) atoms. The van der Waals surface area contributed by atoms with Crippen LogP contribution < -0.4 is 0 Å². The summed E-state index contributed by atoms with van der Waals surface area (Å²) in [5.41, 5.74) is 0. The van der Waals surface area contributed by atoms with Gasteiger partial charge in [-0.15, -0.1) is 0 Å². The monoisotopic (exact) mass is 1040 g/mol. The molecule has 0 rings (SSSR count). The highest BCUT2D eigenvalue weighted by Crippen LogP contribution is 2.16. The molecular formula is C69H118O6. The molecule has 0 saturated carbocycles. The molecule has 0 aliphatic heterocycles. The van der Waals surface area contributed by atoms with Crippen molar-refractivity contribution in [2.45, 2.75) is 309 Å². The van der Waals surface area contributed by atoms with Gasteiger partial charge in [-0.05, 0) is 89.9 Å². The topological polar surface area (TPSA) is 78.9 Å². The Bertz CT molecular complexity index is 1480. The van der Waals surface area contributed by atoms with E-state index in [1.54, 1.807) is 0 Å². The van der Waals surface area contributed by atoms with Gasteiger partial charge < -0.3 is 14.2 Å². The molecule has 1 atom stereocenters. The average molecular weight is 1040 g/mol. The van der Waals surface area contributed by atoms with Crippen LogP contribution in [0.25, 0.3) is 0 Å². The van der Waals surface area contributed by atoms with E-state index in [1.807, 2.05) is 6.08 Å². The van der Waals surface area contributed by atoms with E-state index in [0.717, 1.165) is 83.5 Å². The Morgan fingerprint density at radius 3 is 0.867 bits per heavy atom. The Balaban J connectivity index is 4.12. The first-order chi connectivity index (χ1) is 37.0. The highest BCUT2D eigenvalue weighted by Gasteiger charge is 2.19. The molecule has 0 amide bonds. The van der Waals surface area contributed by atoms with E-state index in [0.29, 0.717) is 19.3 Å². The molecule has 0 fully saturated rings. The predicted octanol–water partition coefficient (Wildman–Crippen LogP) is 21.7. The lowest BCUT2D eigenvalue weighted by atomic mass is 10.0. The molecule has 6 nitrogen and oxygen atoms in total. The number of rotatable bonds is 57. The summed E-state index contributed by atoms with van der Waals surface area (Å²) in [5, 5.41) is 0. The van der Waals surface area contributed by atoms with Gasteiger partial charge in [0.15, 0.2) is 6.10 Å². The van der Waals surface area contributed by atoms with Crippen molar-refractivity contribution in [1.82, 2.24) is 0 Å². The number of hydrogen-bond donors (Lipinski definition) is 0. The van der Waals surface area contributed by atoms with E-state index in [4.69, 9.17) is 14.2 Å². The van der Waals surface area contributed by atoms with E-state index in [9.17, 15) is 14.4 Å². The Hall–Kier alpha value is -3.67. The van der Waals surface area contributed by atoms with E-state index in [1.165, 1.54) is 173 Å². The zero-order valence-corrected chi connectivity index (χ0v) is 49.3. The van der Waals surface area contributed by atoms with Gasteiger partial charge in [0.2, 0.25) is 0 Å². The fraction of sp³-hybridized carbons (Fsp3) is 0.725. The van der Waals surface area contributed by atoms with Gasteiger partial charge in [-0.1, -0.05) is 291 Å². The van der Waals surface area contributed by atoms with E-state index >= 15 is 0 Å². The third-order valence-corrected chi connectivity index (χ3v) is 13.6. The van der Waals surface area contributed by atoms with Crippen LogP contribution in [0, 0.1) is 0 Å². The van der Waals surface area contributed by atoms with Crippen molar-refractivity contribution in [2.75, 3.05) is 13.2 Å². The molecule has 430 valence electrons. The molecule has 0 N–H and O–H groups in total. The molecular weight excluding hydrogens is 925 g/mol. The van der Waals surface area contributed by atoms with Crippen molar-refractivity contribution in [3.63, 3.8) is 0 Å². The zero-order valence-electron chi connectivity index (χ0n) is 49.3. The fourth-order valence-corrected chi connectivity index (χ4v) is 8.85. The molecule has 1 unspecified atom stereocenters. The number of ether oxygens (including phenoxy) is 3. The molecule has 0 spiro atoms. The summed E-state index contributed by atoms with van der Waals surface area (Å²) in [5.74, 6) is -0.990. The average Bonchev–Trinajstić information content (AvgIpc) is 3.41. The van der Waals surface area contributed by atoms with Crippen LogP contribution >= 0.6 is 0 Å². The minimum absolute atomic E-state index is 0.105. The van der Waals surface area contributed by atoms with Crippen LogP contribution in [0.15, 0.2) is 97.2 Å². The van der Waals surface area contributed by atoms with Crippen LogP contribution in [0.5, 0.6) is 0 Å². The third kappa shape index (κ3) is 61.1. The van der Waals surface area contributed by atoms with Gasteiger partial charge in [0.1, 0.15) is 13.2 Å². The highest BCUT2D eigenvalue weighted by atomic mass is 16.6. The summed E-state index contributed by atoms with van der Waals surface area (Å²) in [6.45, 7) is 6.43. The molecule has 0 aliphatic carbocycles. The van der Waals surface area contributed by atoms with E-state index in [2.05, 4.69) is 112 Å². The largest absolute Gasteiger partial charge is 0.462 e. The fourth-order valence-electron chi connectivity index (χ4n) is 8.85. The van der Waals surface area contributed by atoms with Gasteiger partial charge in [-0.25, -0.2) is 0 Å². The first-order valence-electron chi connectivity index (χ1n) is 31.7. The number of carbonyl (C=O) groups is 3. The quantitative estimate of drug-likeness (QED) is 0.0261. The molecule has 0 bridgehead atoms. The maximum absolute atomic E-state index is 12.8. The number of unbranched alkanes of at least 4 members (excludes halogenated alkanes) is 30. The van der Waals surface area contributed by atoms with E-state index in [-0.39, 0.29) is 31.6 Å². The standard InChI is InChI=1S/C69H118O6/c1-4-7-10-13-16-18-20-22-24-26-28-29-30-31-32-33-34-35-36-37-38-39-41-42-44-46-48-50-53-56-59-62-68(71)74-65-66(64-73-67(70)61-58-55-52-15-12-9-6-3)75-69(72)63-60-57-54-51-49-47-45-43-40-27-25-23-21-19-17-14-11-8-5-2/h8,11,17,19-20,22-23,25-26,28,40,43,47,49,54,57,66H,4-7,9-10,12-16,18,21,24,27,29-39,41-42,44-46,48,50-53,55-56,58-65H2,1-3H3/b11-8-,19-17-,22-20-,25-23-,28-26-,43-40-,49-47-,57-54-. The van der Waals surface area contributed by atoms with Crippen LogP contribution in [0.4, 0.5) is 0 Å². The second-order valence-electron chi connectivity index (χ2n) is 20.9. The van der Waals surface area contributed by atoms with Gasteiger partial charge in [0, 0.05) is 19.3 Å². The normalized spacial score (nSPS) is 12.7. The Morgan fingerprint density at radius 1 is 0.280 bits per heavy atom. The smallest absolute Gasteiger partial charge is 0.306 e. The van der Waals surface area contributed by atoms with Gasteiger partial charge in [0.25, 0.3) is 0 Å². The maximum atomic E-state index is 12.8. The summed E-state index contributed by atoms with van der Waals surface area (Å²) >= 11 is 0. The number of allylic oxidation sites excluding steroid dienone is 16. The van der Waals surface area contributed by atoms with Crippen LogP contribution in [0.2, 0.25) is 0 Å². The third-order valence-electron chi connectivity index (χ3n) is 13.6. The second-order valence-corrected chi connectivity index (χ2v) is 20.9. The van der Waals surface area contributed by atoms with Crippen LogP contribution in [0.1, 0.15) is 303 Å². The number of esters is 3. The van der Waals surface area contributed by atoms with Crippen molar-refractivity contribution in [1.29, 1.82) is 0 Å². The van der Waals surface area contributed by atoms with Crippen LogP contribution in [-0.2, 0) is 28.6 Å². The van der Waals surface area contributed by atoms with Crippen molar-refractivity contribution >= 4 is 17.9 Å². The molecule has 0 aromatic carbocycles. The van der Waals surface area contributed by atoms with Crippen molar-refractivity contribution in [3.05, 3.63) is 97.2 Å². The summed E-state index contributed by atoms with van der Waals surface area (Å²) in [7, 11) is 0. The molecule has 6 heteroatoms. The summed E-state index contributed by atoms with van der Waals surface area (Å²) in [6, 6.07) is 0. The Kier molecular flexibility index (Phi) is 59.8. The Morgan fingerprint density at radius 2 is 0.547 bits per heavy atom. The van der Waals surface area contributed by atoms with Gasteiger partial charge >= 0.3 is 17.9 Å². The van der Waals surface area contributed by atoms with Crippen LogP contribution in [0.3, 0.4) is 0 Å². The molecule has 0 aromatic heterocycles. The highest BCUT2D eigenvalue weighted by molar-refractivity contribution is 5.71. The second kappa shape index (κ2) is 62.9. The number of hydrogen-bond acceptors (Lipinski definition) is 6. The molecule has 0 radical (unpaired) electrons. The minimum atomic E-state index is -0.815. The zero-order chi connectivity index (χ0) is 54.3. The summed E-state index contributed by atoms with van der Waals surface area (Å²) in [4.78, 5) is 38.0. The van der Waals surface area contributed by atoms with Crippen molar-refractivity contribution in [2.24, 2.45) is 0 Å². The van der Waals surface area contributed by atoms with Gasteiger partial charge in [-0.2, -0.15) is 0 Å². The first-order valence-corrected chi connectivity index (χ1v) is 31.7. The van der Waals surface area contributed by atoms with Crippen molar-refractivity contribution in [3.8, 4) is 0 Å². The summed E-state index contributed by atoms with van der Waals surface area (Å²) < 4.78 is 16.7. The van der Waals surface area contributed by atoms with Crippen LogP contribution in [-0.4, -0.2) is 37.2 Å². The Labute approximate surface area is 464 Å². The maximum Gasteiger partial charge on any atom is 0.306 e. The van der Waals surface area contributed by atoms with E-state index < -0.39 is 12.1 Å². The lowest BCUT2D eigenvalue weighted by Gasteiger charge is -2.18.